The van der Waals surface area contributed by atoms with Crippen LogP contribution in [0.5, 0.6) is 46.6 Å². The summed E-state index contributed by atoms with van der Waals surface area (Å²) < 4.78 is 140. The highest BCUT2D eigenvalue weighted by atomic mass is 35.5. The number of nitrogens with one attached hydrogen (secondary N) is 3. The van der Waals surface area contributed by atoms with Crippen LogP contribution in [0.3, 0.4) is 0 Å². The molecular weight excluding hydrogens is 1290 g/mol. The van der Waals surface area contributed by atoms with Gasteiger partial charge in [0, 0.05) is 18.7 Å². The molecule has 0 aliphatic rings. The molecule has 92 heavy (non-hydrogen) atoms. The van der Waals surface area contributed by atoms with Crippen molar-refractivity contribution in [2.75, 3.05) is 42.7 Å². The van der Waals surface area contributed by atoms with Gasteiger partial charge in [-0.2, -0.15) is 24.6 Å². The lowest BCUT2D eigenvalue weighted by Crippen LogP contribution is -2.24. The molecule has 0 aliphatic carbocycles. The number of rotatable bonds is 19. The first kappa shape index (κ1) is 73.2. The molecular formula is C61H64Cl2F4N12O11S2. The third kappa shape index (κ3) is 21.3. The zero-order chi connectivity index (χ0) is 68.4. The highest BCUT2D eigenvalue weighted by Gasteiger charge is 2.23. The van der Waals surface area contributed by atoms with Crippen LogP contribution < -0.4 is 49.1 Å². The van der Waals surface area contributed by atoms with Crippen molar-refractivity contribution in [3.8, 4) is 52.7 Å². The molecule has 488 valence electrons. The van der Waals surface area contributed by atoms with Gasteiger partial charge in [-0.15, -0.1) is 0 Å². The van der Waals surface area contributed by atoms with E-state index in [9.17, 15) is 34.4 Å². The second-order valence-electron chi connectivity index (χ2n) is 20.9. The van der Waals surface area contributed by atoms with Gasteiger partial charge in [-0.3, -0.25) is 0 Å². The van der Waals surface area contributed by atoms with Gasteiger partial charge in [-0.05, 0) is 136 Å². The quantitative estimate of drug-likeness (QED) is 0.0501. The number of aromatic nitrogens is 7. The molecule has 4 heterocycles. The van der Waals surface area contributed by atoms with Crippen LogP contribution in [0.1, 0.15) is 73.4 Å². The van der Waals surface area contributed by atoms with Gasteiger partial charge in [0.25, 0.3) is 23.5 Å². The maximum atomic E-state index is 14.3. The van der Waals surface area contributed by atoms with Crippen molar-refractivity contribution >= 4 is 82.9 Å². The number of ether oxygens (including phenoxy) is 7. The predicted molar refractivity (Wildman–Crippen MR) is 339 cm³/mol. The molecule has 0 atom stereocenters. The summed E-state index contributed by atoms with van der Waals surface area (Å²) in [6.07, 6.45) is 6.76. The summed E-state index contributed by atoms with van der Waals surface area (Å²) in [4.78, 5) is 30.9. The molecule has 0 spiro atoms. The van der Waals surface area contributed by atoms with Crippen LogP contribution in [0.4, 0.5) is 57.6 Å². The summed E-state index contributed by atoms with van der Waals surface area (Å²) in [6.45, 7) is 25.3. The molecule has 0 radical (unpaired) electrons. The van der Waals surface area contributed by atoms with E-state index in [-0.39, 0.29) is 102 Å². The smallest absolute Gasteiger partial charge is 0.270 e. The summed E-state index contributed by atoms with van der Waals surface area (Å²) in [7, 11) is -4.21. The van der Waals surface area contributed by atoms with Crippen molar-refractivity contribution < 1.29 is 67.6 Å². The minimum atomic E-state index is -3.51. The Bertz CT molecular complexity index is 4070. The summed E-state index contributed by atoms with van der Waals surface area (Å²) >= 11 is 12.1. The molecule has 0 amide bonds. The van der Waals surface area contributed by atoms with Gasteiger partial charge >= 0.3 is 0 Å². The number of sulfone groups is 2. The zero-order valence-electron chi connectivity index (χ0n) is 52.1. The average molecular weight is 1350 g/mol. The number of nitrogens with zero attached hydrogens (tertiary/aromatic N) is 9. The topological polar surface area (TPSA) is 287 Å². The van der Waals surface area contributed by atoms with Crippen LogP contribution in [0, 0.1) is 48.1 Å². The summed E-state index contributed by atoms with van der Waals surface area (Å²) in [5.74, 6) is -1.41. The highest BCUT2D eigenvalue weighted by Crippen LogP contribution is 2.39. The van der Waals surface area contributed by atoms with E-state index in [1.165, 1.54) is 81.9 Å². The van der Waals surface area contributed by atoms with Crippen molar-refractivity contribution in [3.63, 3.8) is 0 Å². The fourth-order valence-electron chi connectivity index (χ4n) is 7.16. The second-order valence-corrected chi connectivity index (χ2v) is 25.7. The Morgan fingerprint density at radius 2 is 1.12 bits per heavy atom. The van der Waals surface area contributed by atoms with Crippen LogP contribution in [0.25, 0.3) is 4.85 Å². The normalized spacial score (nSPS) is 11.1. The fourth-order valence-corrected chi connectivity index (χ4v) is 8.91. The van der Waals surface area contributed by atoms with Crippen molar-refractivity contribution in [2.24, 2.45) is 0 Å². The minimum Gasteiger partial charge on any atom is -0.489 e. The first-order chi connectivity index (χ1) is 43.2. The number of hydrogen-bond acceptors (Lipinski definition) is 22. The van der Waals surface area contributed by atoms with E-state index >= 15 is 0 Å². The van der Waals surface area contributed by atoms with Gasteiger partial charge in [-0.1, -0.05) is 29.3 Å². The monoisotopic (exact) mass is 1350 g/mol. The molecule has 8 rings (SSSR count). The summed E-state index contributed by atoms with van der Waals surface area (Å²) in [5, 5.41) is 17.7. The van der Waals surface area contributed by atoms with E-state index in [4.69, 9.17) is 68.2 Å². The largest absolute Gasteiger partial charge is 0.489 e. The number of anilines is 6. The summed E-state index contributed by atoms with van der Waals surface area (Å²) in [6, 6.07) is 17.5. The van der Waals surface area contributed by atoms with Crippen LogP contribution in [-0.2, 0) is 19.7 Å². The van der Waals surface area contributed by atoms with Gasteiger partial charge in [0.15, 0.2) is 42.7 Å². The van der Waals surface area contributed by atoms with Gasteiger partial charge in [0.05, 0.1) is 98.9 Å². The van der Waals surface area contributed by atoms with Gasteiger partial charge < -0.3 is 49.1 Å². The molecule has 23 nitrogen and oxygen atoms in total. The van der Waals surface area contributed by atoms with E-state index in [0.29, 0.717) is 33.7 Å². The zero-order valence-corrected chi connectivity index (χ0v) is 55.2. The van der Waals surface area contributed by atoms with E-state index in [1.807, 2.05) is 54.5 Å². The number of hydrogen-bond donors (Lipinski definition) is 3. The Balaban J connectivity index is 0.000000223. The molecule has 0 saturated heterocycles. The molecule has 0 unspecified atom stereocenters. The molecule has 3 N–H and O–H groups in total. The number of methoxy groups -OCH3 is 2. The first-order valence-corrected chi connectivity index (χ1v) is 31.7. The average Bonchev–Trinajstić information content (AvgIpc) is 0.892. The second kappa shape index (κ2) is 32.5. The molecule has 4 aromatic heterocycles. The number of nitriles is 1. The Kier molecular flexibility index (Phi) is 25.8. The van der Waals surface area contributed by atoms with Crippen LogP contribution in [0.15, 0.2) is 108 Å². The predicted octanol–water partition coefficient (Wildman–Crippen LogP) is 14.5. The Morgan fingerprint density at radius 3 is 1.64 bits per heavy atom. The SMILES string of the molecule is COc1c(Nc2ccc(S(C)(=O)=O)cc2F)ncnc1OC(C)C.COc1c(Oc2ccc(S(C)(=O)=O)cc2F)ncnc1OC(C)C.Cc1c(Nc2c(F)cc(C#N)cc2Cl)ncnc1OC(C)(C)C.[C-]#[N+]c1ccc(Nc2ccnc(OC(C)C)c2F)c(Cl)c1. The molecule has 0 saturated carbocycles. The Morgan fingerprint density at radius 1 is 0.587 bits per heavy atom. The molecule has 31 heteroatoms. The van der Waals surface area contributed by atoms with E-state index in [2.05, 4.69) is 55.7 Å². The fraction of sp³-hybridized carbons (Fsp3) is 0.295. The van der Waals surface area contributed by atoms with E-state index in [0.717, 1.165) is 30.7 Å². The van der Waals surface area contributed by atoms with Gasteiger partial charge in [0.2, 0.25) is 23.2 Å². The third-order valence-electron chi connectivity index (χ3n) is 11.2. The molecule has 4 aromatic carbocycles. The molecule has 0 aliphatic heterocycles. The van der Waals surface area contributed by atoms with Crippen LogP contribution in [0.2, 0.25) is 10.0 Å². The summed E-state index contributed by atoms with van der Waals surface area (Å²) in [5.41, 5.74) is 1.58. The van der Waals surface area contributed by atoms with Crippen molar-refractivity contribution in [1.29, 1.82) is 5.26 Å². The number of benzene rings is 4. The third-order valence-corrected chi connectivity index (χ3v) is 14.0. The lowest BCUT2D eigenvalue weighted by Gasteiger charge is -2.22. The van der Waals surface area contributed by atoms with Crippen molar-refractivity contribution in [2.45, 2.75) is 103 Å². The maximum absolute atomic E-state index is 14.3. The van der Waals surface area contributed by atoms with Crippen molar-refractivity contribution in [3.05, 3.63) is 154 Å². The first-order valence-electron chi connectivity index (χ1n) is 27.1. The Labute approximate surface area is 540 Å². The van der Waals surface area contributed by atoms with Gasteiger partial charge in [0.1, 0.15) is 42.0 Å². The highest BCUT2D eigenvalue weighted by molar-refractivity contribution is 7.91. The van der Waals surface area contributed by atoms with E-state index in [1.54, 1.807) is 32.9 Å². The minimum absolute atomic E-state index is 0.0471. The van der Waals surface area contributed by atoms with Crippen LogP contribution >= 0.6 is 23.2 Å². The van der Waals surface area contributed by atoms with Gasteiger partial charge in [-0.25, -0.2) is 54.8 Å². The lowest BCUT2D eigenvalue weighted by atomic mass is 10.2. The Hall–Kier alpha value is -9.55. The maximum Gasteiger partial charge on any atom is 0.270 e. The van der Waals surface area contributed by atoms with Crippen molar-refractivity contribution in [1.82, 2.24) is 34.9 Å². The standard InChI is InChI=1S/C16H16ClFN4O.C15H13ClFN3O.C15H18FN3O4S.C15H17FN2O5S/c1-9-14(20-8-21-15(9)23-16(2,3)4)22-13-11(17)5-10(7-19)6-12(13)18;1-9(2)21-15-14(17)13(6-7-19-15)20-12-5-4-10(18-3)8-11(12)16;1-9(2)23-15-13(22-3)14(17-8-18-15)19-12-6-5-10(7-11(12)16)24(4,20)21;1-9(2)22-14-13(21-3)15(18-8-17-14)23-12-6-5-10(7-11(12)16)24(4,19)20/h5-6,8H,1-4H3,(H,20,21,22);4-9H,1-2H3,(H,19,20);5-9H,1-4H3,(H,17,18,19);5-9H,1-4H3. The number of pyridine rings is 1. The van der Waals surface area contributed by atoms with E-state index < -0.39 is 48.5 Å². The molecule has 0 fully saturated rings. The molecule has 0 bridgehead atoms. The number of halogens is 6. The lowest BCUT2D eigenvalue weighted by molar-refractivity contribution is 0.123. The molecule has 8 aromatic rings. The van der Waals surface area contributed by atoms with Crippen LogP contribution in [-0.4, -0.2) is 102 Å².